The normalized spacial score (nSPS) is 14.3. The van der Waals surface area contributed by atoms with Gasteiger partial charge in [-0.2, -0.15) is 18.2 Å². The molecule has 7 nitrogen and oxygen atoms in total. The monoisotopic (exact) mass is 443 g/mol. The standard InChI is InChI=1S/C22H20F3N5O2/c23-22(24,25)19-13-26-21(28-16-10-8-15(9-11-16)14-4-1-2-5-14)29-20(19)27-17-6-3-7-18(12-17)30(31)32/h3,6-14H,1-2,4-5H2,(H2,26,27,28,29). The molecule has 166 valence electrons. The van der Waals surface area contributed by atoms with Crippen LogP contribution < -0.4 is 10.6 Å². The number of nitro groups is 1. The summed E-state index contributed by atoms with van der Waals surface area (Å²) >= 11 is 0. The minimum absolute atomic E-state index is 0.0282. The van der Waals surface area contributed by atoms with Gasteiger partial charge >= 0.3 is 6.18 Å². The van der Waals surface area contributed by atoms with Crippen LogP contribution in [0.15, 0.2) is 54.7 Å². The second-order valence-corrected chi connectivity index (χ2v) is 7.61. The lowest BCUT2D eigenvalue weighted by atomic mass is 9.98. The number of rotatable bonds is 6. The van der Waals surface area contributed by atoms with E-state index >= 15 is 0 Å². The third-order valence-corrected chi connectivity index (χ3v) is 5.41. The Hall–Kier alpha value is -3.69. The molecule has 4 rings (SSSR count). The zero-order valence-corrected chi connectivity index (χ0v) is 16.9. The van der Waals surface area contributed by atoms with Crippen molar-refractivity contribution in [2.75, 3.05) is 10.6 Å². The molecular formula is C22H20F3N5O2. The predicted molar refractivity (Wildman–Crippen MR) is 114 cm³/mol. The first-order valence-electron chi connectivity index (χ1n) is 10.1. The summed E-state index contributed by atoms with van der Waals surface area (Å²) < 4.78 is 40.4. The van der Waals surface area contributed by atoms with Crippen molar-refractivity contribution in [3.63, 3.8) is 0 Å². The van der Waals surface area contributed by atoms with Crippen LogP contribution in [-0.4, -0.2) is 14.9 Å². The Morgan fingerprint density at radius 1 is 1.00 bits per heavy atom. The highest BCUT2D eigenvalue weighted by Crippen LogP contribution is 2.36. The Morgan fingerprint density at radius 3 is 2.38 bits per heavy atom. The van der Waals surface area contributed by atoms with Gasteiger partial charge in [0, 0.05) is 29.7 Å². The van der Waals surface area contributed by atoms with E-state index in [4.69, 9.17) is 0 Å². The minimum atomic E-state index is -4.70. The second kappa shape index (κ2) is 8.81. The number of non-ortho nitro benzene ring substituents is 1. The molecule has 0 bridgehead atoms. The number of nitrogens with zero attached hydrogens (tertiary/aromatic N) is 3. The minimum Gasteiger partial charge on any atom is -0.339 e. The molecule has 0 amide bonds. The number of nitrogens with one attached hydrogen (secondary N) is 2. The Morgan fingerprint density at radius 2 is 1.72 bits per heavy atom. The Labute approximate surface area is 181 Å². The summed E-state index contributed by atoms with van der Waals surface area (Å²) in [6.07, 6.45) is 0.768. The van der Waals surface area contributed by atoms with Gasteiger partial charge in [0.15, 0.2) is 0 Å². The summed E-state index contributed by atoms with van der Waals surface area (Å²) in [5.74, 6) is 0.0229. The zero-order chi connectivity index (χ0) is 22.7. The Bertz CT molecular complexity index is 1110. The molecule has 1 aliphatic rings. The van der Waals surface area contributed by atoms with Crippen LogP contribution in [0.25, 0.3) is 0 Å². The molecule has 2 aromatic carbocycles. The summed E-state index contributed by atoms with van der Waals surface area (Å²) in [5, 5.41) is 16.4. The van der Waals surface area contributed by atoms with Crippen LogP contribution in [-0.2, 0) is 6.18 Å². The molecule has 10 heteroatoms. The van der Waals surface area contributed by atoms with Gasteiger partial charge < -0.3 is 10.6 Å². The predicted octanol–water partition coefficient (Wildman–Crippen LogP) is 6.55. The maximum absolute atomic E-state index is 13.5. The molecule has 1 heterocycles. The van der Waals surface area contributed by atoms with Gasteiger partial charge in [0.1, 0.15) is 11.4 Å². The third-order valence-electron chi connectivity index (χ3n) is 5.41. The summed E-state index contributed by atoms with van der Waals surface area (Å²) in [6.45, 7) is 0. The highest BCUT2D eigenvalue weighted by Gasteiger charge is 2.35. The van der Waals surface area contributed by atoms with Crippen LogP contribution in [0.4, 0.5) is 42.0 Å². The molecule has 0 aliphatic heterocycles. The molecular weight excluding hydrogens is 423 g/mol. The van der Waals surface area contributed by atoms with Crippen LogP contribution in [0.5, 0.6) is 0 Å². The number of aromatic nitrogens is 2. The fourth-order valence-electron chi connectivity index (χ4n) is 3.81. The van der Waals surface area contributed by atoms with Crippen molar-refractivity contribution >= 4 is 28.8 Å². The lowest BCUT2D eigenvalue weighted by Crippen LogP contribution is -2.12. The number of hydrogen-bond donors (Lipinski definition) is 2. The number of halogens is 3. The van der Waals surface area contributed by atoms with E-state index in [2.05, 4.69) is 20.6 Å². The molecule has 3 aromatic rings. The number of hydrogen-bond acceptors (Lipinski definition) is 6. The number of benzene rings is 2. The van der Waals surface area contributed by atoms with Gasteiger partial charge in [-0.1, -0.05) is 31.0 Å². The highest BCUT2D eigenvalue weighted by atomic mass is 19.4. The topological polar surface area (TPSA) is 93.0 Å². The van der Waals surface area contributed by atoms with Crippen LogP contribution in [0.3, 0.4) is 0 Å². The first kappa shape index (κ1) is 21.5. The average Bonchev–Trinajstić information content (AvgIpc) is 3.29. The first-order chi connectivity index (χ1) is 15.3. The zero-order valence-electron chi connectivity index (χ0n) is 16.9. The van der Waals surface area contributed by atoms with Crippen molar-refractivity contribution in [2.24, 2.45) is 0 Å². The number of alkyl halides is 3. The molecule has 1 saturated carbocycles. The molecule has 0 saturated heterocycles. The van der Waals surface area contributed by atoms with E-state index in [1.54, 1.807) is 0 Å². The molecule has 0 atom stereocenters. The molecule has 32 heavy (non-hydrogen) atoms. The largest absolute Gasteiger partial charge is 0.421 e. The lowest BCUT2D eigenvalue weighted by Gasteiger charge is -2.15. The molecule has 2 N–H and O–H groups in total. The van der Waals surface area contributed by atoms with Crippen molar-refractivity contribution < 1.29 is 18.1 Å². The maximum Gasteiger partial charge on any atom is 0.421 e. The van der Waals surface area contributed by atoms with Crippen molar-refractivity contribution in [2.45, 2.75) is 37.8 Å². The van der Waals surface area contributed by atoms with E-state index in [0.29, 0.717) is 17.8 Å². The number of anilines is 4. The van der Waals surface area contributed by atoms with Crippen molar-refractivity contribution in [3.05, 3.63) is 76.0 Å². The SMILES string of the molecule is O=[N+]([O-])c1cccc(Nc2nc(Nc3ccc(C4CCCC4)cc3)ncc2C(F)(F)F)c1. The number of nitro benzene ring substituents is 1. The summed E-state index contributed by atoms with van der Waals surface area (Å²) in [5.41, 5.74) is 0.668. The van der Waals surface area contributed by atoms with Gasteiger partial charge in [0.25, 0.3) is 5.69 Å². The molecule has 1 aromatic heterocycles. The molecule has 0 radical (unpaired) electrons. The van der Waals surface area contributed by atoms with Crippen molar-refractivity contribution in [1.82, 2.24) is 9.97 Å². The molecule has 0 unspecified atom stereocenters. The van der Waals surface area contributed by atoms with Gasteiger partial charge in [-0.3, -0.25) is 10.1 Å². The van der Waals surface area contributed by atoms with Gasteiger partial charge in [-0.25, -0.2) is 4.98 Å². The van der Waals surface area contributed by atoms with Crippen molar-refractivity contribution in [3.8, 4) is 0 Å². The Balaban J connectivity index is 1.58. The van der Waals surface area contributed by atoms with Crippen LogP contribution in [0, 0.1) is 10.1 Å². The maximum atomic E-state index is 13.5. The van der Waals surface area contributed by atoms with Crippen LogP contribution in [0.1, 0.15) is 42.7 Å². The average molecular weight is 443 g/mol. The van der Waals surface area contributed by atoms with Crippen LogP contribution in [0.2, 0.25) is 0 Å². The van der Waals surface area contributed by atoms with E-state index in [1.807, 2.05) is 24.3 Å². The van der Waals surface area contributed by atoms with E-state index in [0.717, 1.165) is 6.07 Å². The quantitative estimate of drug-likeness (QED) is 0.332. The first-order valence-corrected chi connectivity index (χ1v) is 10.1. The lowest BCUT2D eigenvalue weighted by molar-refractivity contribution is -0.384. The van der Waals surface area contributed by atoms with Crippen LogP contribution >= 0.6 is 0 Å². The van der Waals surface area contributed by atoms with E-state index in [9.17, 15) is 23.3 Å². The highest BCUT2D eigenvalue weighted by molar-refractivity contribution is 5.64. The van der Waals surface area contributed by atoms with Gasteiger partial charge in [-0.05, 0) is 42.5 Å². The van der Waals surface area contributed by atoms with Gasteiger partial charge in [0.05, 0.1) is 4.92 Å². The fraction of sp³-hybridized carbons (Fsp3) is 0.273. The smallest absolute Gasteiger partial charge is 0.339 e. The van der Waals surface area contributed by atoms with E-state index in [1.165, 1.54) is 49.4 Å². The summed E-state index contributed by atoms with van der Waals surface area (Å²) in [4.78, 5) is 18.1. The molecule has 1 aliphatic carbocycles. The summed E-state index contributed by atoms with van der Waals surface area (Å²) in [6, 6.07) is 12.9. The molecule has 1 fully saturated rings. The summed E-state index contributed by atoms with van der Waals surface area (Å²) in [7, 11) is 0. The van der Waals surface area contributed by atoms with E-state index < -0.39 is 22.5 Å². The molecule has 0 spiro atoms. The second-order valence-electron chi connectivity index (χ2n) is 7.61. The van der Waals surface area contributed by atoms with E-state index in [-0.39, 0.29) is 17.3 Å². The van der Waals surface area contributed by atoms with Gasteiger partial charge in [-0.15, -0.1) is 0 Å². The van der Waals surface area contributed by atoms with Gasteiger partial charge in [0.2, 0.25) is 5.95 Å². The fourth-order valence-corrected chi connectivity index (χ4v) is 3.81. The van der Waals surface area contributed by atoms with Crippen molar-refractivity contribution in [1.29, 1.82) is 0 Å². The third kappa shape index (κ3) is 4.96. The Kier molecular flexibility index (Phi) is 5.93.